The third-order valence-corrected chi connectivity index (χ3v) is 3.46. The fraction of sp³-hybridized carbons (Fsp3) is 0.385. The molecule has 4 nitrogen and oxygen atoms in total. The van der Waals surface area contributed by atoms with E-state index >= 15 is 0 Å². The van der Waals surface area contributed by atoms with Gasteiger partial charge in [0, 0.05) is 23.1 Å². The van der Waals surface area contributed by atoms with E-state index in [1.807, 2.05) is 6.07 Å². The quantitative estimate of drug-likeness (QED) is 0.940. The molecule has 0 aliphatic heterocycles. The molecule has 0 saturated heterocycles. The highest BCUT2D eigenvalue weighted by atomic mass is 79.9. The van der Waals surface area contributed by atoms with Gasteiger partial charge in [0.05, 0.1) is 0 Å². The topological polar surface area (TPSA) is 42.7 Å². The van der Waals surface area contributed by atoms with Crippen molar-refractivity contribution in [2.45, 2.75) is 27.3 Å². The van der Waals surface area contributed by atoms with Gasteiger partial charge in [0.2, 0.25) is 5.95 Å². The van der Waals surface area contributed by atoms with Crippen LogP contribution in [-0.2, 0) is 6.54 Å². The maximum Gasteiger partial charge on any atom is 0.224 e. The molecule has 0 unspecified atom stereocenters. The van der Waals surface area contributed by atoms with Crippen molar-refractivity contribution in [3.05, 3.63) is 28.2 Å². The van der Waals surface area contributed by atoms with Crippen molar-refractivity contribution < 1.29 is 0 Å². The van der Waals surface area contributed by atoms with Crippen molar-refractivity contribution >= 4 is 21.9 Å². The van der Waals surface area contributed by atoms with Gasteiger partial charge < -0.3 is 5.32 Å². The van der Waals surface area contributed by atoms with E-state index < -0.39 is 0 Å². The molecule has 0 fully saturated rings. The second-order valence-corrected chi connectivity index (χ2v) is 4.96. The van der Waals surface area contributed by atoms with E-state index in [4.69, 9.17) is 0 Å². The molecule has 0 aliphatic carbocycles. The molecule has 18 heavy (non-hydrogen) atoms. The number of nitrogens with zero attached hydrogens (tertiary/aromatic N) is 3. The maximum absolute atomic E-state index is 4.30. The van der Waals surface area contributed by atoms with Gasteiger partial charge in [-0.15, -0.1) is 10.2 Å². The van der Waals surface area contributed by atoms with E-state index in [1.54, 1.807) is 0 Å². The van der Waals surface area contributed by atoms with Gasteiger partial charge in [-0.05, 0) is 32.9 Å². The number of aromatic nitrogens is 3. The molecule has 0 bridgehead atoms. The zero-order chi connectivity index (χ0) is 13.1. The second kappa shape index (κ2) is 5.52. The van der Waals surface area contributed by atoms with Gasteiger partial charge in [-0.25, -0.2) is 0 Å². The van der Waals surface area contributed by atoms with Crippen LogP contribution in [0.3, 0.4) is 0 Å². The standard InChI is InChI=1S/C13H17BrN4/c1-4-15-13-17-16-12(18(13)5-2)10-8-9(3)6-7-11(10)14/h6-8H,4-5H2,1-3H3,(H,15,17). The lowest BCUT2D eigenvalue weighted by atomic mass is 10.1. The highest BCUT2D eigenvalue weighted by Crippen LogP contribution is 2.29. The van der Waals surface area contributed by atoms with Crippen LogP contribution < -0.4 is 5.32 Å². The third-order valence-electron chi connectivity index (χ3n) is 2.76. The SMILES string of the molecule is CCNc1nnc(-c2cc(C)ccc2Br)n1CC. The lowest BCUT2D eigenvalue weighted by molar-refractivity contribution is 0.770. The van der Waals surface area contributed by atoms with Gasteiger partial charge in [-0.3, -0.25) is 4.57 Å². The normalized spacial score (nSPS) is 10.7. The highest BCUT2D eigenvalue weighted by molar-refractivity contribution is 9.10. The number of halogens is 1. The van der Waals surface area contributed by atoms with Crippen molar-refractivity contribution in [3.63, 3.8) is 0 Å². The Morgan fingerprint density at radius 1 is 1.28 bits per heavy atom. The first kappa shape index (κ1) is 13.1. The number of anilines is 1. The summed E-state index contributed by atoms with van der Waals surface area (Å²) in [7, 11) is 0. The van der Waals surface area contributed by atoms with E-state index in [1.165, 1.54) is 5.56 Å². The molecular formula is C13H17BrN4. The van der Waals surface area contributed by atoms with Crippen LogP contribution in [0.15, 0.2) is 22.7 Å². The highest BCUT2D eigenvalue weighted by Gasteiger charge is 2.14. The molecule has 0 aliphatic rings. The first-order valence-corrected chi connectivity index (χ1v) is 6.90. The van der Waals surface area contributed by atoms with Gasteiger partial charge >= 0.3 is 0 Å². The molecule has 0 radical (unpaired) electrons. The van der Waals surface area contributed by atoms with E-state index in [2.05, 4.69) is 68.9 Å². The molecule has 2 rings (SSSR count). The molecule has 0 spiro atoms. The zero-order valence-corrected chi connectivity index (χ0v) is 12.5. The summed E-state index contributed by atoms with van der Waals surface area (Å²) in [6.45, 7) is 7.90. The Balaban J connectivity index is 2.53. The number of benzene rings is 1. The molecular weight excluding hydrogens is 292 g/mol. The number of aryl methyl sites for hydroxylation is 1. The summed E-state index contributed by atoms with van der Waals surface area (Å²) in [5.74, 6) is 1.72. The number of rotatable bonds is 4. The van der Waals surface area contributed by atoms with Crippen LogP contribution in [0.5, 0.6) is 0 Å². The fourth-order valence-corrected chi connectivity index (χ4v) is 2.33. The summed E-state index contributed by atoms with van der Waals surface area (Å²) >= 11 is 3.58. The summed E-state index contributed by atoms with van der Waals surface area (Å²) in [4.78, 5) is 0. The molecule has 1 aromatic carbocycles. The maximum atomic E-state index is 4.30. The monoisotopic (exact) mass is 308 g/mol. The molecule has 0 saturated carbocycles. The van der Waals surface area contributed by atoms with Gasteiger partial charge in [0.15, 0.2) is 5.82 Å². The van der Waals surface area contributed by atoms with E-state index in [9.17, 15) is 0 Å². The first-order chi connectivity index (χ1) is 8.67. The second-order valence-electron chi connectivity index (χ2n) is 4.11. The lowest BCUT2D eigenvalue weighted by Crippen LogP contribution is -2.07. The van der Waals surface area contributed by atoms with Crippen molar-refractivity contribution in [2.24, 2.45) is 0 Å². The van der Waals surface area contributed by atoms with Crippen LogP contribution in [-0.4, -0.2) is 21.3 Å². The largest absolute Gasteiger partial charge is 0.355 e. The Labute approximate surface area is 116 Å². The van der Waals surface area contributed by atoms with Crippen molar-refractivity contribution in [1.82, 2.24) is 14.8 Å². The molecule has 2 aromatic rings. The van der Waals surface area contributed by atoms with Gasteiger partial charge in [-0.2, -0.15) is 0 Å². The smallest absolute Gasteiger partial charge is 0.224 e. The van der Waals surface area contributed by atoms with Gasteiger partial charge in [-0.1, -0.05) is 27.6 Å². The molecule has 1 heterocycles. The zero-order valence-electron chi connectivity index (χ0n) is 10.9. The van der Waals surface area contributed by atoms with E-state index in [0.717, 1.165) is 34.9 Å². The molecule has 5 heteroatoms. The van der Waals surface area contributed by atoms with Gasteiger partial charge in [0.1, 0.15) is 0 Å². The third kappa shape index (κ3) is 2.41. The first-order valence-electron chi connectivity index (χ1n) is 6.11. The fourth-order valence-electron chi connectivity index (χ4n) is 1.90. The Hall–Kier alpha value is -1.36. The van der Waals surface area contributed by atoms with Crippen LogP contribution in [0.4, 0.5) is 5.95 Å². The van der Waals surface area contributed by atoms with Crippen LogP contribution in [0.2, 0.25) is 0 Å². The van der Waals surface area contributed by atoms with E-state index in [-0.39, 0.29) is 0 Å². The molecule has 1 N–H and O–H groups in total. The van der Waals surface area contributed by atoms with Crippen molar-refractivity contribution in [3.8, 4) is 11.4 Å². The average molecular weight is 309 g/mol. The number of hydrogen-bond donors (Lipinski definition) is 1. The lowest BCUT2D eigenvalue weighted by Gasteiger charge is -2.09. The summed E-state index contributed by atoms with van der Waals surface area (Å²) in [5, 5.41) is 11.7. The Morgan fingerprint density at radius 3 is 2.72 bits per heavy atom. The predicted octanol–water partition coefficient (Wildman–Crippen LogP) is 3.47. The Bertz CT molecular complexity index is 548. The summed E-state index contributed by atoms with van der Waals surface area (Å²) in [5.41, 5.74) is 2.29. The minimum Gasteiger partial charge on any atom is -0.355 e. The summed E-state index contributed by atoms with van der Waals surface area (Å²) in [6, 6.07) is 6.24. The minimum atomic E-state index is 0.823. The van der Waals surface area contributed by atoms with Crippen LogP contribution >= 0.6 is 15.9 Å². The average Bonchev–Trinajstić information content (AvgIpc) is 2.75. The summed E-state index contributed by atoms with van der Waals surface area (Å²) in [6.07, 6.45) is 0. The predicted molar refractivity (Wildman–Crippen MR) is 77.7 cm³/mol. The number of hydrogen-bond acceptors (Lipinski definition) is 3. The van der Waals surface area contributed by atoms with Crippen molar-refractivity contribution in [2.75, 3.05) is 11.9 Å². The molecule has 1 aromatic heterocycles. The van der Waals surface area contributed by atoms with Gasteiger partial charge in [0.25, 0.3) is 0 Å². The Morgan fingerprint density at radius 2 is 2.06 bits per heavy atom. The van der Waals surface area contributed by atoms with Crippen LogP contribution in [0, 0.1) is 6.92 Å². The van der Waals surface area contributed by atoms with E-state index in [0.29, 0.717) is 0 Å². The summed E-state index contributed by atoms with van der Waals surface area (Å²) < 4.78 is 3.13. The van der Waals surface area contributed by atoms with Crippen LogP contribution in [0.25, 0.3) is 11.4 Å². The molecule has 0 amide bonds. The van der Waals surface area contributed by atoms with Crippen molar-refractivity contribution in [1.29, 1.82) is 0 Å². The number of nitrogens with one attached hydrogen (secondary N) is 1. The molecule has 0 atom stereocenters. The van der Waals surface area contributed by atoms with Crippen LogP contribution in [0.1, 0.15) is 19.4 Å². The molecule has 96 valence electrons. The minimum absolute atomic E-state index is 0.823. The Kier molecular flexibility index (Phi) is 4.01.